The number of benzene rings is 1. The van der Waals surface area contributed by atoms with Crippen LogP contribution >= 0.6 is 0 Å². The minimum Gasteiger partial charge on any atom is -0.478 e. The molecular weight excluding hydrogens is 277 g/mol. The van der Waals surface area contributed by atoms with Crippen LogP contribution in [0.1, 0.15) is 23.2 Å². The van der Waals surface area contributed by atoms with E-state index in [1.54, 1.807) is 0 Å². The molecule has 114 valence electrons. The number of carbonyl (C=O) groups is 2. The van der Waals surface area contributed by atoms with Crippen molar-refractivity contribution in [1.29, 1.82) is 0 Å². The van der Waals surface area contributed by atoms with Gasteiger partial charge in [-0.3, -0.25) is 0 Å². The standard InChI is InChI=1S/C14H18FN3O3/c1-18-6-2-3-10(8-18)16-14(21)17-12-5-4-9(15)7-11(12)13(19)20/h4-5,7,10H,2-3,6,8H2,1H3,(H,19,20)(H2,16,17,21). The van der Waals surface area contributed by atoms with Crippen LogP contribution in [-0.2, 0) is 0 Å². The van der Waals surface area contributed by atoms with Crippen LogP contribution < -0.4 is 10.6 Å². The molecule has 7 heteroatoms. The minimum atomic E-state index is -1.29. The van der Waals surface area contributed by atoms with Crippen molar-refractivity contribution >= 4 is 17.7 Å². The Morgan fingerprint density at radius 3 is 2.86 bits per heavy atom. The van der Waals surface area contributed by atoms with Gasteiger partial charge in [-0.15, -0.1) is 0 Å². The molecule has 1 saturated heterocycles. The number of amides is 2. The summed E-state index contributed by atoms with van der Waals surface area (Å²) in [5.74, 6) is -1.95. The third-order valence-electron chi connectivity index (χ3n) is 3.42. The van der Waals surface area contributed by atoms with Crippen LogP contribution in [0.5, 0.6) is 0 Å². The zero-order chi connectivity index (χ0) is 15.4. The number of nitrogens with zero attached hydrogens (tertiary/aromatic N) is 1. The third kappa shape index (κ3) is 4.16. The number of nitrogens with one attached hydrogen (secondary N) is 2. The lowest BCUT2D eigenvalue weighted by molar-refractivity contribution is 0.0697. The average molecular weight is 295 g/mol. The summed E-state index contributed by atoms with van der Waals surface area (Å²) in [7, 11) is 1.98. The Morgan fingerprint density at radius 2 is 2.19 bits per heavy atom. The molecule has 6 nitrogen and oxygen atoms in total. The van der Waals surface area contributed by atoms with Crippen LogP contribution in [0.15, 0.2) is 18.2 Å². The number of halogens is 1. The molecule has 0 radical (unpaired) electrons. The zero-order valence-electron chi connectivity index (χ0n) is 11.7. The molecule has 0 aliphatic carbocycles. The topological polar surface area (TPSA) is 81.7 Å². The highest BCUT2D eigenvalue weighted by molar-refractivity contribution is 6.00. The van der Waals surface area contributed by atoms with E-state index in [-0.39, 0.29) is 17.3 Å². The van der Waals surface area contributed by atoms with Crippen molar-refractivity contribution in [2.45, 2.75) is 18.9 Å². The molecule has 1 aromatic rings. The van der Waals surface area contributed by atoms with Crippen molar-refractivity contribution < 1.29 is 19.1 Å². The van der Waals surface area contributed by atoms with E-state index < -0.39 is 17.8 Å². The van der Waals surface area contributed by atoms with Crippen molar-refractivity contribution in [3.05, 3.63) is 29.6 Å². The fourth-order valence-corrected chi connectivity index (χ4v) is 2.43. The largest absolute Gasteiger partial charge is 0.478 e. The fourth-order valence-electron chi connectivity index (χ4n) is 2.43. The first-order valence-electron chi connectivity index (χ1n) is 6.74. The molecule has 1 aromatic carbocycles. The second-order valence-corrected chi connectivity index (χ2v) is 5.19. The van der Waals surface area contributed by atoms with Crippen molar-refractivity contribution in [2.75, 3.05) is 25.5 Å². The van der Waals surface area contributed by atoms with Gasteiger partial charge in [0, 0.05) is 12.6 Å². The molecule has 0 saturated carbocycles. The Balaban J connectivity index is 2.01. The average Bonchev–Trinajstić information content (AvgIpc) is 2.40. The lowest BCUT2D eigenvalue weighted by atomic mass is 10.1. The molecule has 1 fully saturated rings. The molecule has 0 aromatic heterocycles. The highest BCUT2D eigenvalue weighted by Crippen LogP contribution is 2.17. The fraction of sp³-hybridized carbons (Fsp3) is 0.429. The number of likely N-dealkylation sites (tertiary alicyclic amines) is 1. The number of urea groups is 1. The van der Waals surface area contributed by atoms with Crippen LogP contribution in [0, 0.1) is 5.82 Å². The predicted octanol–water partition coefficient (Wildman–Crippen LogP) is 1.74. The summed E-state index contributed by atoms with van der Waals surface area (Å²) in [6.07, 6.45) is 1.88. The van der Waals surface area contributed by atoms with Gasteiger partial charge < -0.3 is 20.6 Å². The first-order chi connectivity index (χ1) is 9.95. The van der Waals surface area contributed by atoms with E-state index in [0.29, 0.717) is 0 Å². The zero-order valence-corrected chi connectivity index (χ0v) is 11.7. The van der Waals surface area contributed by atoms with Gasteiger partial charge in [-0.2, -0.15) is 0 Å². The number of hydrogen-bond acceptors (Lipinski definition) is 3. The smallest absolute Gasteiger partial charge is 0.337 e. The summed E-state index contributed by atoms with van der Waals surface area (Å²) < 4.78 is 13.1. The van der Waals surface area contributed by atoms with Gasteiger partial charge in [0.2, 0.25) is 0 Å². The van der Waals surface area contributed by atoms with E-state index in [4.69, 9.17) is 5.11 Å². The molecular formula is C14H18FN3O3. The predicted molar refractivity (Wildman–Crippen MR) is 76.0 cm³/mol. The van der Waals surface area contributed by atoms with Crippen LogP contribution in [0.2, 0.25) is 0 Å². The number of aromatic carboxylic acids is 1. The van der Waals surface area contributed by atoms with Gasteiger partial charge in [0.1, 0.15) is 5.82 Å². The second kappa shape index (κ2) is 6.53. The number of carboxylic acid groups (broad SMARTS) is 1. The monoisotopic (exact) mass is 295 g/mol. The SMILES string of the molecule is CN1CCCC(NC(=O)Nc2ccc(F)cc2C(=O)O)C1. The highest BCUT2D eigenvalue weighted by Gasteiger charge is 2.20. The highest BCUT2D eigenvalue weighted by atomic mass is 19.1. The molecule has 1 unspecified atom stereocenters. The van der Waals surface area contributed by atoms with Gasteiger partial charge in [0.05, 0.1) is 11.3 Å². The summed E-state index contributed by atoms with van der Waals surface area (Å²) >= 11 is 0. The number of piperidine rings is 1. The number of anilines is 1. The molecule has 1 heterocycles. The molecule has 1 aliphatic heterocycles. The third-order valence-corrected chi connectivity index (χ3v) is 3.42. The summed E-state index contributed by atoms with van der Waals surface area (Å²) in [5.41, 5.74) is -0.198. The number of hydrogen-bond donors (Lipinski definition) is 3. The number of rotatable bonds is 3. The summed E-state index contributed by atoms with van der Waals surface area (Å²) in [6, 6.07) is 2.77. The van der Waals surface area contributed by atoms with Crippen LogP contribution in [0.4, 0.5) is 14.9 Å². The van der Waals surface area contributed by atoms with Gasteiger partial charge >= 0.3 is 12.0 Å². The second-order valence-electron chi connectivity index (χ2n) is 5.19. The van der Waals surface area contributed by atoms with E-state index >= 15 is 0 Å². The first kappa shape index (κ1) is 15.2. The Labute approximate surface area is 121 Å². The Morgan fingerprint density at radius 1 is 1.43 bits per heavy atom. The molecule has 2 amide bonds. The van der Waals surface area contributed by atoms with Gasteiger partial charge in [-0.1, -0.05) is 0 Å². The molecule has 0 bridgehead atoms. The van der Waals surface area contributed by atoms with Gasteiger partial charge in [0.25, 0.3) is 0 Å². The molecule has 21 heavy (non-hydrogen) atoms. The van der Waals surface area contributed by atoms with Gasteiger partial charge in [-0.05, 0) is 44.6 Å². The molecule has 0 spiro atoms. The normalized spacial score (nSPS) is 19.0. The van der Waals surface area contributed by atoms with Crippen LogP contribution in [0.3, 0.4) is 0 Å². The molecule has 3 N–H and O–H groups in total. The first-order valence-corrected chi connectivity index (χ1v) is 6.74. The Hall–Kier alpha value is -2.15. The Bertz CT molecular complexity index is 550. The van der Waals surface area contributed by atoms with Crippen LogP contribution in [0.25, 0.3) is 0 Å². The van der Waals surface area contributed by atoms with E-state index in [2.05, 4.69) is 15.5 Å². The van der Waals surface area contributed by atoms with Crippen molar-refractivity contribution in [3.63, 3.8) is 0 Å². The lowest BCUT2D eigenvalue weighted by Crippen LogP contribution is -2.47. The minimum absolute atomic E-state index is 0.0254. The Kier molecular flexibility index (Phi) is 4.74. The molecule has 1 aliphatic rings. The van der Waals surface area contributed by atoms with Crippen molar-refractivity contribution in [1.82, 2.24) is 10.2 Å². The number of carbonyl (C=O) groups excluding carboxylic acids is 1. The van der Waals surface area contributed by atoms with Crippen LogP contribution in [-0.4, -0.2) is 48.2 Å². The lowest BCUT2D eigenvalue weighted by Gasteiger charge is -2.30. The summed E-state index contributed by atoms with van der Waals surface area (Å²) in [4.78, 5) is 25.1. The molecule has 1 atom stereocenters. The maximum Gasteiger partial charge on any atom is 0.337 e. The van der Waals surface area contributed by atoms with Crippen molar-refractivity contribution in [2.24, 2.45) is 0 Å². The van der Waals surface area contributed by atoms with Gasteiger partial charge in [0.15, 0.2) is 0 Å². The van der Waals surface area contributed by atoms with Gasteiger partial charge in [-0.25, -0.2) is 14.0 Å². The van der Waals surface area contributed by atoms with Crippen molar-refractivity contribution in [3.8, 4) is 0 Å². The maximum absolute atomic E-state index is 13.1. The number of carboxylic acids is 1. The quantitative estimate of drug-likeness (QED) is 0.793. The van der Waals surface area contributed by atoms with E-state index in [0.717, 1.165) is 38.1 Å². The van der Waals surface area contributed by atoms with E-state index in [1.807, 2.05) is 7.05 Å². The summed E-state index contributed by atoms with van der Waals surface area (Å²) in [5, 5.41) is 14.3. The molecule has 2 rings (SSSR count). The number of likely N-dealkylation sites (N-methyl/N-ethyl adjacent to an activating group) is 1. The maximum atomic E-state index is 13.1. The van der Waals surface area contributed by atoms with E-state index in [9.17, 15) is 14.0 Å². The summed E-state index contributed by atoms with van der Waals surface area (Å²) in [6.45, 7) is 1.75. The van der Waals surface area contributed by atoms with E-state index in [1.165, 1.54) is 6.07 Å².